The van der Waals surface area contributed by atoms with Gasteiger partial charge < -0.3 is 14.7 Å². The van der Waals surface area contributed by atoms with Crippen molar-refractivity contribution in [3.8, 4) is 0 Å². The number of nitrogens with zero attached hydrogens (tertiary/aromatic N) is 1. The molecule has 4 nitrogen and oxygen atoms in total. The Bertz CT molecular complexity index is 191. The van der Waals surface area contributed by atoms with Crippen molar-refractivity contribution in [2.24, 2.45) is 5.92 Å². The fraction of sp³-hybridized carbons (Fsp3) is 0.875. The first-order chi connectivity index (χ1) is 5.77. The highest BCUT2D eigenvalue weighted by atomic mass is 16.5. The van der Waals surface area contributed by atoms with Crippen LogP contribution in [-0.4, -0.2) is 41.9 Å². The van der Waals surface area contributed by atoms with Crippen LogP contribution in [0.3, 0.4) is 0 Å². The van der Waals surface area contributed by atoms with Gasteiger partial charge in [0.15, 0.2) is 0 Å². The third-order valence-electron chi connectivity index (χ3n) is 2.51. The lowest BCUT2D eigenvalue weighted by Gasteiger charge is -2.30. The van der Waals surface area contributed by atoms with Crippen LogP contribution in [0.4, 0.5) is 4.79 Å². The minimum atomic E-state index is -0.816. The first-order valence-electron chi connectivity index (χ1n) is 4.37. The third kappa shape index (κ3) is 1.53. The third-order valence-corrected chi connectivity index (χ3v) is 2.51. The second-order valence-corrected chi connectivity index (χ2v) is 3.48. The van der Waals surface area contributed by atoms with Crippen LogP contribution < -0.4 is 0 Å². The van der Waals surface area contributed by atoms with E-state index in [1.54, 1.807) is 0 Å². The Labute approximate surface area is 71.1 Å². The molecule has 2 aliphatic rings. The average molecular weight is 171 g/mol. The van der Waals surface area contributed by atoms with E-state index in [2.05, 4.69) is 0 Å². The van der Waals surface area contributed by atoms with Crippen LogP contribution in [-0.2, 0) is 4.74 Å². The smallest absolute Gasteiger partial charge is 0.407 e. The Morgan fingerprint density at radius 3 is 2.83 bits per heavy atom. The Kier molecular flexibility index (Phi) is 1.92. The molecule has 2 fully saturated rings. The maximum Gasteiger partial charge on any atom is 0.407 e. The summed E-state index contributed by atoms with van der Waals surface area (Å²) >= 11 is 0. The number of carbonyl (C=O) groups is 1. The molecule has 1 unspecified atom stereocenters. The van der Waals surface area contributed by atoms with Gasteiger partial charge in [-0.3, -0.25) is 0 Å². The molecule has 1 N–H and O–H groups in total. The second kappa shape index (κ2) is 2.94. The molecule has 1 aliphatic carbocycles. The van der Waals surface area contributed by atoms with Gasteiger partial charge in [0.25, 0.3) is 0 Å². The molecule has 0 aromatic heterocycles. The summed E-state index contributed by atoms with van der Waals surface area (Å²) in [6.07, 6.45) is 1.77. The number of hydrogen-bond donors (Lipinski definition) is 1. The summed E-state index contributed by atoms with van der Waals surface area (Å²) in [6.45, 7) is 1.66. The van der Waals surface area contributed by atoms with Gasteiger partial charge in [-0.1, -0.05) is 0 Å². The monoisotopic (exact) mass is 171 g/mol. The average Bonchev–Trinajstić information content (AvgIpc) is 2.87. The summed E-state index contributed by atoms with van der Waals surface area (Å²) in [5.41, 5.74) is 0. The van der Waals surface area contributed by atoms with Crippen LogP contribution >= 0.6 is 0 Å². The Hall–Kier alpha value is -0.770. The van der Waals surface area contributed by atoms with Gasteiger partial charge in [0, 0.05) is 6.54 Å². The summed E-state index contributed by atoms with van der Waals surface area (Å²) < 4.78 is 5.48. The number of rotatable bonds is 1. The lowest BCUT2D eigenvalue weighted by atomic mass is 10.2. The summed E-state index contributed by atoms with van der Waals surface area (Å²) in [7, 11) is 0. The first kappa shape index (κ1) is 7.86. The molecule has 1 amide bonds. The maximum atomic E-state index is 10.6. The molecule has 2 rings (SSSR count). The molecule has 0 spiro atoms. The molecule has 1 aliphatic heterocycles. The van der Waals surface area contributed by atoms with E-state index >= 15 is 0 Å². The fourth-order valence-electron chi connectivity index (χ4n) is 1.60. The van der Waals surface area contributed by atoms with Crippen LogP contribution in [0.5, 0.6) is 0 Å². The Morgan fingerprint density at radius 1 is 1.50 bits per heavy atom. The minimum absolute atomic E-state index is 0.176. The number of morpholine rings is 1. The standard InChI is InChI=1S/C8H13NO3/c10-8(11)9-3-4-12-7(5-9)6-1-2-6/h6-7H,1-5H2,(H,10,11). The van der Waals surface area contributed by atoms with Crippen molar-refractivity contribution in [2.75, 3.05) is 19.7 Å². The van der Waals surface area contributed by atoms with Gasteiger partial charge in [0.2, 0.25) is 0 Å². The van der Waals surface area contributed by atoms with Crippen molar-refractivity contribution in [1.82, 2.24) is 4.90 Å². The predicted octanol–water partition coefficient (Wildman–Crippen LogP) is 0.775. The normalized spacial score (nSPS) is 30.3. The van der Waals surface area contributed by atoms with Gasteiger partial charge in [0.05, 0.1) is 19.3 Å². The van der Waals surface area contributed by atoms with Gasteiger partial charge in [0.1, 0.15) is 0 Å². The highest BCUT2D eigenvalue weighted by Gasteiger charge is 2.36. The second-order valence-electron chi connectivity index (χ2n) is 3.48. The minimum Gasteiger partial charge on any atom is -0.465 e. The molecular formula is C8H13NO3. The molecule has 1 heterocycles. The lowest BCUT2D eigenvalue weighted by molar-refractivity contribution is -0.0322. The largest absolute Gasteiger partial charge is 0.465 e. The fourth-order valence-corrected chi connectivity index (χ4v) is 1.60. The molecule has 0 aromatic rings. The predicted molar refractivity (Wildman–Crippen MR) is 42.1 cm³/mol. The van der Waals surface area contributed by atoms with Crippen molar-refractivity contribution in [3.05, 3.63) is 0 Å². The summed E-state index contributed by atoms with van der Waals surface area (Å²) in [5.74, 6) is 0.632. The van der Waals surface area contributed by atoms with E-state index in [0.717, 1.165) is 0 Å². The van der Waals surface area contributed by atoms with Gasteiger partial charge in [-0.15, -0.1) is 0 Å². The quantitative estimate of drug-likeness (QED) is 0.634. The van der Waals surface area contributed by atoms with Gasteiger partial charge in [-0.25, -0.2) is 4.79 Å². The molecule has 0 bridgehead atoms. The van der Waals surface area contributed by atoms with Crippen LogP contribution in [0.25, 0.3) is 0 Å². The highest BCUT2D eigenvalue weighted by molar-refractivity contribution is 5.65. The topological polar surface area (TPSA) is 49.8 Å². The number of amides is 1. The lowest BCUT2D eigenvalue weighted by Crippen LogP contribution is -2.45. The Morgan fingerprint density at radius 2 is 2.25 bits per heavy atom. The first-order valence-corrected chi connectivity index (χ1v) is 4.37. The van der Waals surface area contributed by atoms with Gasteiger partial charge in [-0.05, 0) is 18.8 Å². The summed E-state index contributed by atoms with van der Waals surface area (Å²) in [4.78, 5) is 12.1. The molecule has 12 heavy (non-hydrogen) atoms. The molecule has 0 radical (unpaired) electrons. The van der Waals surface area contributed by atoms with E-state index in [-0.39, 0.29) is 6.10 Å². The maximum absolute atomic E-state index is 10.6. The summed E-state index contributed by atoms with van der Waals surface area (Å²) in [5, 5.41) is 8.73. The molecule has 68 valence electrons. The number of hydrogen-bond acceptors (Lipinski definition) is 2. The van der Waals surface area contributed by atoms with E-state index in [1.807, 2.05) is 0 Å². The SMILES string of the molecule is O=C(O)N1CCOC(C2CC2)C1. The van der Waals surface area contributed by atoms with Crippen LogP contribution in [0.1, 0.15) is 12.8 Å². The van der Waals surface area contributed by atoms with E-state index in [1.165, 1.54) is 17.7 Å². The zero-order valence-corrected chi connectivity index (χ0v) is 6.90. The summed E-state index contributed by atoms with van der Waals surface area (Å²) in [6, 6.07) is 0. The Balaban J connectivity index is 1.89. The van der Waals surface area contributed by atoms with Crippen molar-refractivity contribution in [2.45, 2.75) is 18.9 Å². The van der Waals surface area contributed by atoms with Gasteiger partial charge >= 0.3 is 6.09 Å². The van der Waals surface area contributed by atoms with Crippen molar-refractivity contribution in [3.63, 3.8) is 0 Å². The van der Waals surface area contributed by atoms with Gasteiger partial charge in [-0.2, -0.15) is 0 Å². The molecule has 1 atom stereocenters. The zero-order chi connectivity index (χ0) is 8.55. The van der Waals surface area contributed by atoms with Crippen LogP contribution in [0.15, 0.2) is 0 Å². The molecule has 4 heteroatoms. The number of carboxylic acid groups (broad SMARTS) is 1. The van der Waals surface area contributed by atoms with Crippen LogP contribution in [0, 0.1) is 5.92 Å². The van der Waals surface area contributed by atoms with Crippen molar-refractivity contribution in [1.29, 1.82) is 0 Å². The van der Waals surface area contributed by atoms with Crippen molar-refractivity contribution < 1.29 is 14.6 Å². The van der Waals surface area contributed by atoms with Crippen LogP contribution in [0.2, 0.25) is 0 Å². The molecule has 0 aromatic carbocycles. The van der Waals surface area contributed by atoms with E-state index in [0.29, 0.717) is 25.6 Å². The molecular weight excluding hydrogens is 158 g/mol. The van der Waals surface area contributed by atoms with Crippen molar-refractivity contribution >= 4 is 6.09 Å². The molecule has 1 saturated heterocycles. The highest BCUT2D eigenvalue weighted by Crippen LogP contribution is 2.35. The van der Waals surface area contributed by atoms with E-state index < -0.39 is 6.09 Å². The number of ether oxygens (including phenoxy) is 1. The zero-order valence-electron chi connectivity index (χ0n) is 6.90. The van der Waals surface area contributed by atoms with E-state index in [4.69, 9.17) is 9.84 Å². The van der Waals surface area contributed by atoms with E-state index in [9.17, 15) is 4.79 Å². The molecule has 1 saturated carbocycles.